The van der Waals surface area contributed by atoms with E-state index in [1.54, 1.807) is 0 Å². The molecule has 6 nitrogen and oxygen atoms in total. The molecule has 0 radical (unpaired) electrons. The van der Waals surface area contributed by atoms with Crippen LogP contribution in [0.4, 0.5) is 13.2 Å². The molecule has 0 aromatic carbocycles. The fourth-order valence-corrected chi connectivity index (χ4v) is 1.50. The Bertz CT molecular complexity index is 505. The molecule has 2 N–H and O–H groups in total. The third kappa shape index (κ3) is 3.97. The van der Waals surface area contributed by atoms with Crippen LogP contribution >= 0.6 is 11.6 Å². The molecule has 1 rings (SSSR count). The first-order valence-electron chi connectivity index (χ1n) is 4.87. The molecule has 0 amide bonds. The number of hydrogen-bond acceptors (Lipinski definition) is 4. The van der Waals surface area contributed by atoms with Gasteiger partial charge >= 0.3 is 6.18 Å². The standard InChI is InChI=1S/C9H8ClF3N4O2/c10-5-1-4(9(11,12)13)2-15-7(5)8(19)6(18)3-16-17-14/h1-2,6,8,18-19H,3H2. The highest BCUT2D eigenvalue weighted by molar-refractivity contribution is 6.31. The molecule has 0 fully saturated rings. The molecule has 2 atom stereocenters. The Morgan fingerprint density at radius 2 is 2.11 bits per heavy atom. The molecule has 2 unspecified atom stereocenters. The Morgan fingerprint density at radius 1 is 1.47 bits per heavy atom. The van der Waals surface area contributed by atoms with Gasteiger partial charge in [0.05, 0.1) is 28.9 Å². The summed E-state index contributed by atoms with van der Waals surface area (Å²) < 4.78 is 37.1. The van der Waals surface area contributed by atoms with E-state index in [-0.39, 0.29) is 5.69 Å². The first-order valence-corrected chi connectivity index (χ1v) is 5.24. The minimum atomic E-state index is -4.61. The Balaban J connectivity index is 2.99. The minimum absolute atomic E-state index is 0.324. The lowest BCUT2D eigenvalue weighted by Crippen LogP contribution is -2.22. The Morgan fingerprint density at radius 3 is 2.58 bits per heavy atom. The molecule has 104 valence electrons. The van der Waals surface area contributed by atoms with E-state index in [1.807, 2.05) is 0 Å². The second-order valence-corrected chi connectivity index (χ2v) is 3.92. The monoisotopic (exact) mass is 296 g/mol. The maximum atomic E-state index is 12.4. The molecule has 10 heteroatoms. The van der Waals surface area contributed by atoms with Crippen LogP contribution in [0.3, 0.4) is 0 Å². The highest BCUT2D eigenvalue weighted by atomic mass is 35.5. The Hall–Kier alpha value is -1.54. The van der Waals surface area contributed by atoms with Crippen LogP contribution in [-0.4, -0.2) is 27.8 Å². The van der Waals surface area contributed by atoms with Crippen molar-refractivity contribution < 1.29 is 23.4 Å². The van der Waals surface area contributed by atoms with Gasteiger partial charge in [0, 0.05) is 11.1 Å². The van der Waals surface area contributed by atoms with Gasteiger partial charge in [0.15, 0.2) is 0 Å². The van der Waals surface area contributed by atoms with Crippen LogP contribution in [0.5, 0.6) is 0 Å². The highest BCUT2D eigenvalue weighted by Gasteiger charge is 2.32. The van der Waals surface area contributed by atoms with E-state index in [1.165, 1.54) is 0 Å². The normalized spacial score (nSPS) is 14.6. The van der Waals surface area contributed by atoms with Gasteiger partial charge < -0.3 is 10.2 Å². The van der Waals surface area contributed by atoms with Crippen molar-refractivity contribution in [1.82, 2.24) is 4.98 Å². The van der Waals surface area contributed by atoms with Gasteiger partial charge in [-0.3, -0.25) is 4.98 Å². The van der Waals surface area contributed by atoms with Gasteiger partial charge in [0.2, 0.25) is 0 Å². The third-order valence-electron chi connectivity index (χ3n) is 2.17. The minimum Gasteiger partial charge on any atom is -0.390 e. The molecule has 19 heavy (non-hydrogen) atoms. The van der Waals surface area contributed by atoms with E-state index >= 15 is 0 Å². The van der Waals surface area contributed by atoms with E-state index in [0.29, 0.717) is 12.3 Å². The molecule has 0 aliphatic heterocycles. The molecule has 0 bridgehead atoms. The number of halogens is 4. The number of rotatable bonds is 4. The number of aliphatic hydroxyl groups is 2. The zero-order valence-corrected chi connectivity index (χ0v) is 9.97. The van der Waals surface area contributed by atoms with E-state index < -0.39 is 35.5 Å². The van der Waals surface area contributed by atoms with E-state index in [4.69, 9.17) is 17.1 Å². The van der Waals surface area contributed by atoms with Crippen molar-refractivity contribution in [2.24, 2.45) is 5.11 Å². The van der Waals surface area contributed by atoms with Gasteiger partial charge in [-0.25, -0.2) is 0 Å². The second-order valence-electron chi connectivity index (χ2n) is 3.51. The number of aromatic nitrogens is 1. The molecule has 1 aromatic heterocycles. The fraction of sp³-hybridized carbons (Fsp3) is 0.444. The first kappa shape index (κ1) is 15.5. The van der Waals surface area contributed by atoms with Gasteiger partial charge in [0.1, 0.15) is 6.10 Å². The molecule has 0 aliphatic carbocycles. The molecule has 0 aliphatic rings. The lowest BCUT2D eigenvalue weighted by Gasteiger charge is -2.17. The van der Waals surface area contributed by atoms with Crippen molar-refractivity contribution in [3.63, 3.8) is 0 Å². The van der Waals surface area contributed by atoms with Crippen LogP contribution in [0, 0.1) is 0 Å². The van der Waals surface area contributed by atoms with E-state index in [9.17, 15) is 23.4 Å². The fourth-order valence-electron chi connectivity index (χ4n) is 1.22. The maximum Gasteiger partial charge on any atom is 0.417 e. The van der Waals surface area contributed by atoms with Crippen molar-refractivity contribution in [2.75, 3.05) is 6.54 Å². The zero-order valence-electron chi connectivity index (χ0n) is 9.21. The summed E-state index contributed by atoms with van der Waals surface area (Å²) in [7, 11) is 0. The van der Waals surface area contributed by atoms with E-state index in [0.717, 1.165) is 0 Å². The predicted molar refractivity (Wildman–Crippen MR) is 59.2 cm³/mol. The van der Waals surface area contributed by atoms with Gasteiger partial charge in [0.25, 0.3) is 0 Å². The number of alkyl halides is 3. The lowest BCUT2D eigenvalue weighted by molar-refractivity contribution is -0.137. The smallest absolute Gasteiger partial charge is 0.390 e. The summed E-state index contributed by atoms with van der Waals surface area (Å²) in [4.78, 5) is 5.75. The van der Waals surface area contributed by atoms with Crippen LogP contribution in [0.15, 0.2) is 17.4 Å². The molecule has 0 spiro atoms. The molecular formula is C9H8ClF3N4O2. The van der Waals surface area contributed by atoms with Crippen LogP contribution in [-0.2, 0) is 6.18 Å². The first-order chi connectivity index (χ1) is 8.77. The second kappa shape index (κ2) is 6.07. The largest absolute Gasteiger partial charge is 0.417 e. The van der Waals surface area contributed by atoms with Crippen molar-refractivity contribution >= 4 is 11.6 Å². The van der Waals surface area contributed by atoms with Gasteiger partial charge in [-0.1, -0.05) is 16.7 Å². The summed E-state index contributed by atoms with van der Waals surface area (Å²) in [6.45, 7) is -0.462. The topological polar surface area (TPSA) is 102 Å². The molecule has 1 heterocycles. The summed E-state index contributed by atoms with van der Waals surface area (Å²) in [5.74, 6) is 0. The van der Waals surface area contributed by atoms with Crippen molar-refractivity contribution in [2.45, 2.75) is 18.4 Å². The van der Waals surface area contributed by atoms with Crippen LogP contribution in [0.25, 0.3) is 10.4 Å². The zero-order chi connectivity index (χ0) is 14.6. The molecule has 1 aromatic rings. The van der Waals surface area contributed by atoms with Crippen LogP contribution in [0.1, 0.15) is 17.4 Å². The molecule has 0 saturated heterocycles. The number of aliphatic hydroxyl groups excluding tert-OH is 2. The lowest BCUT2D eigenvalue weighted by atomic mass is 10.1. The van der Waals surface area contributed by atoms with Crippen molar-refractivity contribution in [3.8, 4) is 0 Å². The Kier molecular flexibility index (Phi) is 4.96. The average Bonchev–Trinajstić information content (AvgIpc) is 2.33. The SMILES string of the molecule is [N-]=[N+]=NCC(O)C(O)c1ncc(C(F)(F)F)cc1Cl. The molecule has 0 saturated carbocycles. The van der Waals surface area contributed by atoms with Crippen molar-refractivity contribution in [1.29, 1.82) is 0 Å². The maximum absolute atomic E-state index is 12.4. The third-order valence-corrected chi connectivity index (χ3v) is 2.48. The van der Waals surface area contributed by atoms with Crippen LogP contribution < -0.4 is 0 Å². The summed E-state index contributed by atoms with van der Waals surface area (Å²) in [5.41, 5.74) is 6.65. The summed E-state index contributed by atoms with van der Waals surface area (Å²) in [5, 5.41) is 21.6. The number of pyridine rings is 1. The highest BCUT2D eigenvalue weighted by Crippen LogP contribution is 2.32. The predicted octanol–water partition coefficient (Wildman–Crippen LogP) is 2.46. The van der Waals surface area contributed by atoms with Crippen LogP contribution in [0.2, 0.25) is 5.02 Å². The average molecular weight is 297 g/mol. The van der Waals surface area contributed by atoms with Crippen molar-refractivity contribution in [3.05, 3.63) is 39.0 Å². The summed E-state index contributed by atoms with van der Waals surface area (Å²) in [6, 6.07) is 0.591. The van der Waals surface area contributed by atoms with E-state index in [2.05, 4.69) is 15.0 Å². The summed E-state index contributed by atoms with van der Waals surface area (Å²) in [6.07, 6.45) is -7.29. The number of hydrogen-bond donors (Lipinski definition) is 2. The van der Waals surface area contributed by atoms with Gasteiger partial charge in [-0.2, -0.15) is 13.2 Å². The number of azide groups is 1. The quantitative estimate of drug-likeness (QED) is 0.507. The van der Waals surface area contributed by atoms with Gasteiger partial charge in [-0.15, -0.1) is 0 Å². The summed E-state index contributed by atoms with van der Waals surface area (Å²) >= 11 is 5.57. The molecular weight excluding hydrogens is 289 g/mol. The number of nitrogens with zero attached hydrogens (tertiary/aromatic N) is 4. The Labute approximate surface area is 110 Å². The van der Waals surface area contributed by atoms with Gasteiger partial charge in [-0.05, 0) is 11.6 Å².